The first-order valence-corrected chi connectivity index (χ1v) is 6.76. The lowest BCUT2D eigenvalue weighted by Crippen LogP contribution is -2.47. The van der Waals surface area contributed by atoms with Crippen LogP contribution in [0.2, 0.25) is 0 Å². The lowest BCUT2D eigenvalue weighted by Gasteiger charge is -2.24. The van der Waals surface area contributed by atoms with Crippen LogP contribution in [-0.4, -0.2) is 24.5 Å². The minimum absolute atomic E-state index is 0.0610. The van der Waals surface area contributed by atoms with Crippen LogP contribution in [0, 0.1) is 17.8 Å². The van der Waals surface area contributed by atoms with E-state index in [-0.39, 0.29) is 17.6 Å². The van der Waals surface area contributed by atoms with Crippen molar-refractivity contribution in [1.29, 1.82) is 0 Å². The smallest absolute Gasteiger partial charge is 0.407 e. The monoisotopic (exact) mass is 257 g/mol. The summed E-state index contributed by atoms with van der Waals surface area (Å²) in [5.41, 5.74) is 0. The van der Waals surface area contributed by atoms with Crippen molar-refractivity contribution < 1.29 is 14.3 Å². The summed E-state index contributed by atoms with van der Waals surface area (Å²) in [6.45, 7) is 12.0. The van der Waals surface area contributed by atoms with Gasteiger partial charge in [0.2, 0.25) is 0 Å². The number of ketones is 1. The van der Waals surface area contributed by atoms with E-state index < -0.39 is 12.1 Å². The number of ether oxygens (including phenoxy) is 1. The highest BCUT2D eigenvalue weighted by molar-refractivity contribution is 5.89. The van der Waals surface area contributed by atoms with Crippen LogP contribution in [0.3, 0.4) is 0 Å². The molecule has 4 heteroatoms. The molecule has 0 aliphatic carbocycles. The predicted octanol–water partition coefficient (Wildman–Crippen LogP) is 3.01. The highest BCUT2D eigenvalue weighted by Crippen LogP contribution is 2.13. The van der Waals surface area contributed by atoms with Gasteiger partial charge in [-0.15, -0.1) is 0 Å². The molecule has 0 bridgehead atoms. The summed E-state index contributed by atoms with van der Waals surface area (Å²) in [6.07, 6.45) is 0.344. The molecule has 1 N–H and O–H groups in total. The van der Waals surface area contributed by atoms with Crippen molar-refractivity contribution in [3.8, 4) is 0 Å². The van der Waals surface area contributed by atoms with Gasteiger partial charge in [0.15, 0.2) is 5.78 Å². The number of carbonyl (C=O) groups is 2. The van der Waals surface area contributed by atoms with Gasteiger partial charge < -0.3 is 10.1 Å². The molecule has 0 spiro atoms. The Morgan fingerprint density at radius 2 is 1.67 bits per heavy atom. The second-order valence-electron chi connectivity index (χ2n) is 5.56. The first-order valence-electron chi connectivity index (χ1n) is 6.76. The van der Waals surface area contributed by atoms with Gasteiger partial charge in [0.25, 0.3) is 0 Å². The van der Waals surface area contributed by atoms with E-state index in [0.29, 0.717) is 12.5 Å². The maximum absolute atomic E-state index is 12.0. The van der Waals surface area contributed by atoms with Gasteiger partial charge in [0, 0.05) is 5.92 Å². The van der Waals surface area contributed by atoms with Crippen LogP contribution < -0.4 is 5.32 Å². The lowest BCUT2D eigenvalue weighted by atomic mass is 9.90. The third-order valence-corrected chi connectivity index (χ3v) is 2.91. The molecule has 0 heterocycles. The molecule has 18 heavy (non-hydrogen) atoms. The number of hydrogen-bond acceptors (Lipinski definition) is 3. The van der Waals surface area contributed by atoms with E-state index in [1.807, 2.05) is 41.5 Å². The summed E-state index contributed by atoms with van der Waals surface area (Å²) in [5, 5.41) is 2.69. The fraction of sp³-hybridized carbons (Fsp3) is 0.857. The number of Topliss-reactive ketones (excluding diaryl/α,β-unsaturated/α-hetero) is 1. The van der Waals surface area contributed by atoms with Gasteiger partial charge in [-0.3, -0.25) is 4.79 Å². The fourth-order valence-corrected chi connectivity index (χ4v) is 1.50. The third kappa shape index (κ3) is 6.03. The molecule has 106 valence electrons. The Balaban J connectivity index is 4.50. The summed E-state index contributed by atoms with van der Waals surface area (Å²) in [5.74, 6) is 0.380. The average molecular weight is 257 g/mol. The number of hydrogen-bond donors (Lipinski definition) is 1. The molecule has 0 aliphatic heterocycles. The van der Waals surface area contributed by atoms with Gasteiger partial charge in [-0.25, -0.2) is 4.79 Å². The highest BCUT2D eigenvalue weighted by Gasteiger charge is 2.28. The van der Waals surface area contributed by atoms with Crippen molar-refractivity contribution in [2.24, 2.45) is 17.8 Å². The molecule has 0 radical (unpaired) electrons. The van der Waals surface area contributed by atoms with Crippen LogP contribution in [-0.2, 0) is 9.53 Å². The van der Waals surface area contributed by atoms with Crippen LogP contribution >= 0.6 is 0 Å². The van der Waals surface area contributed by atoms with Gasteiger partial charge in [-0.2, -0.15) is 0 Å². The van der Waals surface area contributed by atoms with Crippen molar-refractivity contribution in [2.75, 3.05) is 6.61 Å². The largest absolute Gasteiger partial charge is 0.449 e. The van der Waals surface area contributed by atoms with Crippen molar-refractivity contribution in [2.45, 2.75) is 54.0 Å². The topological polar surface area (TPSA) is 55.4 Å². The second kappa shape index (κ2) is 8.11. The molecule has 1 unspecified atom stereocenters. The molecule has 1 amide bonds. The van der Waals surface area contributed by atoms with Gasteiger partial charge in [-0.1, -0.05) is 48.0 Å². The molecular weight excluding hydrogens is 230 g/mol. The van der Waals surface area contributed by atoms with E-state index in [2.05, 4.69) is 5.32 Å². The van der Waals surface area contributed by atoms with E-state index in [9.17, 15) is 9.59 Å². The molecule has 0 saturated carbocycles. The SMILES string of the molecule is CC[C@H](C)C(NC(=O)OCC(C)C)C(=O)C(C)C. The molecule has 4 nitrogen and oxygen atoms in total. The van der Waals surface area contributed by atoms with E-state index in [0.717, 1.165) is 6.42 Å². The Morgan fingerprint density at radius 1 is 1.11 bits per heavy atom. The van der Waals surface area contributed by atoms with Crippen molar-refractivity contribution in [1.82, 2.24) is 5.32 Å². The number of rotatable bonds is 7. The summed E-state index contributed by atoms with van der Waals surface area (Å²) >= 11 is 0. The van der Waals surface area contributed by atoms with Gasteiger partial charge >= 0.3 is 6.09 Å². The highest BCUT2D eigenvalue weighted by atomic mass is 16.5. The van der Waals surface area contributed by atoms with E-state index in [1.165, 1.54) is 0 Å². The zero-order valence-corrected chi connectivity index (χ0v) is 12.4. The maximum Gasteiger partial charge on any atom is 0.407 e. The van der Waals surface area contributed by atoms with Crippen molar-refractivity contribution >= 4 is 11.9 Å². The Hall–Kier alpha value is -1.06. The van der Waals surface area contributed by atoms with Gasteiger partial charge in [0.05, 0.1) is 12.6 Å². The first kappa shape index (κ1) is 16.9. The molecule has 0 fully saturated rings. The number of nitrogens with one attached hydrogen (secondary N) is 1. The Bertz CT molecular complexity index is 274. The Kier molecular flexibility index (Phi) is 7.64. The molecule has 0 aromatic carbocycles. The van der Waals surface area contributed by atoms with E-state index >= 15 is 0 Å². The third-order valence-electron chi connectivity index (χ3n) is 2.91. The van der Waals surface area contributed by atoms with Crippen LogP contribution in [0.25, 0.3) is 0 Å². The number of amides is 1. The Morgan fingerprint density at radius 3 is 2.06 bits per heavy atom. The minimum atomic E-state index is -0.497. The zero-order chi connectivity index (χ0) is 14.3. The normalized spacial score (nSPS) is 14.4. The second-order valence-corrected chi connectivity index (χ2v) is 5.56. The zero-order valence-electron chi connectivity index (χ0n) is 12.4. The van der Waals surface area contributed by atoms with Crippen LogP contribution in [0.1, 0.15) is 48.0 Å². The number of carbonyl (C=O) groups excluding carboxylic acids is 2. The van der Waals surface area contributed by atoms with Crippen LogP contribution in [0.15, 0.2) is 0 Å². The fourth-order valence-electron chi connectivity index (χ4n) is 1.50. The molecule has 0 aromatic rings. The maximum atomic E-state index is 12.0. The molecule has 0 aliphatic rings. The van der Waals surface area contributed by atoms with Gasteiger partial charge in [-0.05, 0) is 11.8 Å². The number of alkyl carbamates (subject to hydrolysis) is 1. The summed E-state index contributed by atoms with van der Waals surface area (Å²) in [7, 11) is 0. The average Bonchev–Trinajstić information content (AvgIpc) is 2.31. The lowest BCUT2D eigenvalue weighted by molar-refractivity contribution is -0.125. The molecule has 0 saturated heterocycles. The predicted molar refractivity (Wildman–Crippen MR) is 72.4 cm³/mol. The first-order chi connectivity index (χ1) is 8.29. The van der Waals surface area contributed by atoms with E-state index in [1.54, 1.807) is 0 Å². The standard InChI is InChI=1S/C14H27NO3/c1-7-11(6)12(13(16)10(4)5)15-14(17)18-8-9(2)3/h9-12H,7-8H2,1-6H3,(H,15,17)/t11-,12?/m0/s1. The summed E-state index contributed by atoms with van der Waals surface area (Å²) < 4.78 is 5.06. The van der Waals surface area contributed by atoms with Crippen LogP contribution in [0.4, 0.5) is 4.79 Å². The minimum Gasteiger partial charge on any atom is -0.449 e. The molecule has 0 rings (SSSR count). The van der Waals surface area contributed by atoms with Crippen molar-refractivity contribution in [3.05, 3.63) is 0 Å². The van der Waals surface area contributed by atoms with Crippen molar-refractivity contribution in [3.63, 3.8) is 0 Å². The molecule has 2 atom stereocenters. The van der Waals surface area contributed by atoms with E-state index in [4.69, 9.17) is 4.74 Å². The molecular formula is C14H27NO3. The Labute approximate surface area is 110 Å². The van der Waals surface area contributed by atoms with Gasteiger partial charge in [0.1, 0.15) is 0 Å². The summed E-state index contributed by atoms with van der Waals surface area (Å²) in [6, 6.07) is -0.449. The van der Waals surface area contributed by atoms with Crippen LogP contribution in [0.5, 0.6) is 0 Å². The molecule has 0 aromatic heterocycles. The summed E-state index contributed by atoms with van der Waals surface area (Å²) in [4.78, 5) is 23.7. The quantitative estimate of drug-likeness (QED) is 0.762.